The number of rotatable bonds is 5. The summed E-state index contributed by atoms with van der Waals surface area (Å²) in [7, 11) is 0. The second-order valence-corrected chi connectivity index (χ2v) is 4.59. The Labute approximate surface area is 116 Å². The van der Waals surface area contributed by atoms with Crippen molar-refractivity contribution < 1.29 is 24.3 Å². The molecule has 0 aromatic carbocycles. The minimum atomic E-state index is -1.14. The van der Waals surface area contributed by atoms with Gasteiger partial charge in [0, 0.05) is 0 Å². The molecule has 3 N–H and O–H groups in total. The predicted molar refractivity (Wildman–Crippen MR) is 68.8 cm³/mol. The number of piperazine rings is 1. The number of aliphatic carboxylic acids is 1. The van der Waals surface area contributed by atoms with Gasteiger partial charge in [0.25, 0.3) is 0 Å². The summed E-state index contributed by atoms with van der Waals surface area (Å²) in [6, 6.07) is -2.49. The molecule has 1 aliphatic rings. The molecule has 20 heavy (non-hydrogen) atoms. The first-order chi connectivity index (χ1) is 9.40. The van der Waals surface area contributed by atoms with Crippen LogP contribution in [0.4, 0.5) is 4.79 Å². The summed E-state index contributed by atoms with van der Waals surface area (Å²) in [5, 5.41) is 13.5. The highest BCUT2D eigenvalue weighted by Gasteiger charge is 2.36. The standard InChI is InChI=1S/C12H19N3O5/c1-3-5-7(11(18)19)13-12(20)15-6-9(16)14-10(17)8(15)4-2/h7-8H,3-6H2,1-2H3,(H,13,20)(H,18,19)(H,14,16,17)/t7-,8?/m0/s1. The lowest BCUT2D eigenvalue weighted by molar-refractivity contribution is -0.139. The Morgan fingerprint density at radius 3 is 2.60 bits per heavy atom. The number of carboxylic acids is 1. The van der Waals surface area contributed by atoms with E-state index in [0.29, 0.717) is 12.8 Å². The summed E-state index contributed by atoms with van der Waals surface area (Å²) in [6.07, 6.45) is 1.22. The number of hydrogen-bond acceptors (Lipinski definition) is 4. The van der Waals surface area contributed by atoms with Gasteiger partial charge in [0.2, 0.25) is 11.8 Å². The van der Waals surface area contributed by atoms with E-state index in [0.717, 1.165) is 4.90 Å². The van der Waals surface area contributed by atoms with Crippen molar-refractivity contribution in [3.63, 3.8) is 0 Å². The highest BCUT2D eigenvalue weighted by atomic mass is 16.4. The summed E-state index contributed by atoms with van der Waals surface area (Å²) in [4.78, 5) is 47.1. The normalized spacial score (nSPS) is 20.3. The molecule has 0 aliphatic carbocycles. The molecule has 0 saturated carbocycles. The Balaban J connectivity index is 2.79. The number of amides is 4. The Bertz CT molecular complexity index is 423. The van der Waals surface area contributed by atoms with Crippen LogP contribution in [0.3, 0.4) is 0 Å². The molecule has 1 saturated heterocycles. The second kappa shape index (κ2) is 6.88. The van der Waals surface area contributed by atoms with E-state index in [9.17, 15) is 19.2 Å². The first kappa shape index (κ1) is 15.9. The van der Waals surface area contributed by atoms with E-state index in [1.54, 1.807) is 13.8 Å². The lowest BCUT2D eigenvalue weighted by atomic mass is 10.1. The largest absolute Gasteiger partial charge is 0.480 e. The smallest absolute Gasteiger partial charge is 0.326 e. The molecule has 0 spiro atoms. The average Bonchev–Trinajstić information content (AvgIpc) is 2.37. The van der Waals surface area contributed by atoms with Gasteiger partial charge in [-0.05, 0) is 12.8 Å². The van der Waals surface area contributed by atoms with Gasteiger partial charge in [-0.25, -0.2) is 9.59 Å². The Morgan fingerprint density at radius 2 is 2.10 bits per heavy atom. The molecule has 2 atom stereocenters. The molecule has 0 aromatic heterocycles. The van der Waals surface area contributed by atoms with Crippen LogP contribution in [-0.4, -0.2) is 52.4 Å². The van der Waals surface area contributed by atoms with Gasteiger partial charge in [-0.1, -0.05) is 20.3 Å². The van der Waals surface area contributed by atoms with Gasteiger partial charge in [0.15, 0.2) is 0 Å². The molecule has 8 heteroatoms. The summed E-state index contributed by atoms with van der Waals surface area (Å²) in [5.41, 5.74) is 0. The number of carboxylic acid groups (broad SMARTS) is 1. The van der Waals surface area contributed by atoms with Gasteiger partial charge < -0.3 is 15.3 Å². The van der Waals surface area contributed by atoms with Crippen molar-refractivity contribution in [2.75, 3.05) is 6.54 Å². The molecule has 1 aliphatic heterocycles. The molecule has 0 bridgehead atoms. The number of nitrogens with one attached hydrogen (secondary N) is 2. The van der Waals surface area contributed by atoms with Crippen LogP contribution >= 0.6 is 0 Å². The van der Waals surface area contributed by atoms with Crippen LogP contribution in [0.1, 0.15) is 33.1 Å². The van der Waals surface area contributed by atoms with Crippen LogP contribution in [0.2, 0.25) is 0 Å². The third-order valence-electron chi connectivity index (χ3n) is 3.08. The molecule has 112 valence electrons. The van der Waals surface area contributed by atoms with Crippen LogP contribution in [0.15, 0.2) is 0 Å². The quantitative estimate of drug-likeness (QED) is 0.599. The van der Waals surface area contributed by atoms with Crippen molar-refractivity contribution in [3.05, 3.63) is 0 Å². The fourth-order valence-corrected chi connectivity index (χ4v) is 2.06. The first-order valence-corrected chi connectivity index (χ1v) is 6.54. The van der Waals surface area contributed by atoms with Crippen molar-refractivity contribution in [2.45, 2.75) is 45.2 Å². The molecule has 4 amide bonds. The van der Waals surface area contributed by atoms with Gasteiger partial charge in [0.05, 0.1) is 0 Å². The first-order valence-electron chi connectivity index (χ1n) is 6.54. The SMILES string of the molecule is CCC[C@H](NC(=O)N1CC(=O)NC(=O)C1CC)C(=O)O. The predicted octanol–water partition coefficient (Wildman–Crippen LogP) is -0.314. The Kier molecular flexibility index (Phi) is 5.48. The lowest BCUT2D eigenvalue weighted by Gasteiger charge is -2.34. The maximum Gasteiger partial charge on any atom is 0.326 e. The van der Waals surface area contributed by atoms with E-state index in [1.807, 2.05) is 0 Å². The van der Waals surface area contributed by atoms with Crippen molar-refractivity contribution in [1.82, 2.24) is 15.5 Å². The summed E-state index contributed by atoms with van der Waals surface area (Å²) >= 11 is 0. The number of nitrogens with zero attached hydrogens (tertiary/aromatic N) is 1. The molecular weight excluding hydrogens is 266 g/mol. The van der Waals surface area contributed by atoms with E-state index in [1.165, 1.54) is 0 Å². The number of hydrogen-bond donors (Lipinski definition) is 3. The Morgan fingerprint density at radius 1 is 1.45 bits per heavy atom. The number of carbonyl (C=O) groups excluding carboxylic acids is 3. The van der Waals surface area contributed by atoms with Crippen LogP contribution in [-0.2, 0) is 14.4 Å². The molecular formula is C12H19N3O5. The third kappa shape index (κ3) is 3.69. The highest BCUT2D eigenvalue weighted by Crippen LogP contribution is 2.10. The lowest BCUT2D eigenvalue weighted by Crippen LogP contribution is -2.62. The van der Waals surface area contributed by atoms with Crippen LogP contribution in [0.25, 0.3) is 0 Å². The van der Waals surface area contributed by atoms with Gasteiger partial charge in [0.1, 0.15) is 18.6 Å². The summed E-state index contributed by atoms with van der Waals surface area (Å²) in [6.45, 7) is 3.25. The average molecular weight is 285 g/mol. The van der Waals surface area contributed by atoms with E-state index in [-0.39, 0.29) is 13.0 Å². The van der Waals surface area contributed by atoms with Crippen LogP contribution in [0, 0.1) is 0 Å². The number of carbonyl (C=O) groups is 4. The van der Waals surface area contributed by atoms with Crippen molar-refractivity contribution in [1.29, 1.82) is 0 Å². The minimum absolute atomic E-state index is 0.255. The monoisotopic (exact) mass is 285 g/mol. The van der Waals surface area contributed by atoms with E-state index >= 15 is 0 Å². The zero-order chi connectivity index (χ0) is 15.3. The second-order valence-electron chi connectivity index (χ2n) is 4.59. The van der Waals surface area contributed by atoms with Crippen molar-refractivity contribution in [2.24, 2.45) is 0 Å². The molecule has 0 aromatic rings. The van der Waals surface area contributed by atoms with E-state index in [4.69, 9.17) is 5.11 Å². The van der Waals surface area contributed by atoms with E-state index in [2.05, 4.69) is 10.6 Å². The summed E-state index contributed by atoms with van der Waals surface area (Å²) < 4.78 is 0. The van der Waals surface area contributed by atoms with Crippen LogP contribution in [0.5, 0.6) is 0 Å². The fraction of sp³-hybridized carbons (Fsp3) is 0.667. The van der Waals surface area contributed by atoms with Gasteiger partial charge in [-0.15, -0.1) is 0 Å². The summed E-state index contributed by atoms with van der Waals surface area (Å²) in [5.74, 6) is -2.25. The molecule has 1 fully saturated rings. The topological polar surface area (TPSA) is 116 Å². The molecule has 1 unspecified atom stereocenters. The zero-order valence-electron chi connectivity index (χ0n) is 11.5. The fourth-order valence-electron chi connectivity index (χ4n) is 2.06. The maximum absolute atomic E-state index is 12.1. The maximum atomic E-state index is 12.1. The molecule has 8 nitrogen and oxygen atoms in total. The third-order valence-corrected chi connectivity index (χ3v) is 3.08. The molecule has 1 heterocycles. The van der Waals surface area contributed by atoms with Crippen LogP contribution < -0.4 is 10.6 Å². The zero-order valence-corrected chi connectivity index (χ0v) is 11.5. The van der Waals surface area contributed by atoms with E-state index < -0.39 is 35.9 Å². The number of urea groups is 1. The highest BCUT2D eigenvalue weighted by molar-refractivity contribution is 6.04. The minimum Gasteiger partial charge on any atom is -0.480 e. The van der Waals surface area contributed by atoms with Gasteiger partial charge in [-0.3, -0.25) is 14.9 Å². The van der Waals surface area contributed by atoms with Gasteiger partial charge >= 0.3 is 12.0 Å². The molecule has 1 rings (SSSR count). The number of imide groups is 1. The molecule has 0 radical (unpaired) electrons. The van der Waals surface area contributed by atoms with Gasteiger partial charge in [-0.2, -0.15) is 0 Å². The van der Waals surface area contributed by atoms with Crippen molar-refractivity contribution in [3.8, 4) is 0 Å². The Hall–Kier alpha value is -2.12. The van der Waals surface area contributed by atoms with Crippen molar-refractivity contribution >= 4 is 23.8 Å².